The standard InChI is InChI=1S/C19H32N4O3S/c1-16(2)15-26-13-6-10-21-19(20-3)22-11-14-27(24,25)23-12-9-17-7-4-5-8-18(17)23/h4-5,7-8,16H,6,9-15H2,1-3H3,(H2,20,21,22). The molecule has 0 saturated carbocycles. The summed E-state index contributed by atoms with van der Waals surface area (Å²) >= 11 is 0. The molecule has 1 aromatic carbocycles. The first-order chi connectivity index (χ1) is 12.9. The Morgan fingerprint density at radius 1 is 1.26 bits per heavy atom. The number of guanidine groups is 1. The third-order valence-electron chi connectivity index (χ3n) is 4.27. The van der Waals surface area contributed by atoms with Crippen LogP contribution in [0, 0.1) is 5.92 Å². The Labute approximate surface area is 163 Å². The first-order valence-electron chi connectivity index (χ1n) is 9.54. The molecule has 8 heteroatoms. The lowest BCUT2D eigenvalue weighted by atomic mass is 10.2. The molecular weight excluding hydrogens is 364 g/mol. The van der Waals surface area contributed by atoms with Gasteiger partial charge in [-0.25, -0.2) is 8.42 Å². The van der Waals surface area contributed by atoms with Crippen molar-refractivity contribution < 1.29 is 13.2 Å². The van der Waals surface area contributed by atoms with Crippen LogP contribution in [0.2, 0.25) is 0 Å². The van der Waals surface area contributed by atoms with Crippen molar-refractivity contribution in [3.8, 4) is 0 Å². The van der Waals surface area contributed by atoms with Gasteiger partial charge < -0.3 is 15.4 Å². The minimum absolute atomic E-state index is 0.0273. The Hall–Kier alpha value is -1.80. The molecule has 2 rings (SSSR count). The predicted molar refractivity (Wildman–Crippen MR) is 111 cm³/mol. The maximum Gasteiger partial charge on any atom is 0.236 e. The average Bonchev–Trinajstić information content (AvgIpc) is 3.07. The van der Waals surface area contributed by atoms with Crippen LogP contribution in [0.4, 0.5) is 5.69 Å². The molecule has 0 spiro atoms. The normalized spacial score (nSPS) is 14.5. The number of fused-ring (bicyclic) bond motifs is 1. The van der Waals surface area contributed by atoms with E-state index in [9.17, 15) is 8.42 Å². The summed E-state index contributed by atoms with van der Waals surface area (Å²) in [6, 6.07) is 7.68. The maximum atomic E-state index is 12.7. The van der Waals surface area contributed by atoms with Gasteiger partial charge in [-0.2, -0.15) is 0 Å². The van der Waals surface area contributed by atoms with Gasteiger partial charge in [0.25, 0.3) is 0 Å². The monoisotopic (exact) mass is 396 g/mol. The van der Waals surface area contributed by atoms with Crippen LogP contribution in [0.5, 0.6) is 0 Å². The van der Waals surface area contributed by atoms with Crippen LogP contribution in [0.25, 0.3) is 0 Å². The number of hydrogen-bond acceptors (Lipinski definition) is 4. The largest absolute Gasteiger partial charge is 0.381 e. The summed E-state index contributed by atoms with van der Waals surface area (Å²) in [5.41, 5.74) is 1.90. The number of hydrogen-bond donors (Lipinski definition) is 2. The Kier molecular flexibility index (Phi) is 8.37. The zero-order chi connectivity index (χ0) is 19.7. The number of benzene rings is 1. The van der Waals surface area contributed by atoms with Crippen molar-refractivity contribution in [2.75, 3.05) is 50.0 Å². The topological polar surface area (TPSA) is 83.0 Å². The zero-order valence-electron chi connectivity index (χ0n) is 16.6. The van der Waals surface area contributed by atoms with E-state index in [-0.39, 0.29) is 5.75 Å². The van der Waals surface area contributed by atoms with E-state index in [0.29, 0.717) is 31.6 Å². The molecule has 0 atom stereocenters. The quantitative estimate of drug-likeness (QED) is 0.357. The first kappa shape index (κ1) is 21.5. The second-order valence-electron chi connectivity index (χ2n) is 7.01. The van der Waals surface area contributed by atoms with Crippen LogP contribution in [0.3, 0.4) is 0 Å². The summed E-state index contributed by atoms with van der Waals surface area (Å²) in [4.78, 5) is 4.13. The highest BCUT2D eigenvalue weighted by atomic mass is 32.2. The Bertz CT molecular complexity index is 719. The molecule has 27 heavy (non-hydrogen) atoms. The molecule has 1 aromatic rings. The number of aliphatic imine (C=N–C) groups is 1. The van der Waals surface area contributed by atoms with Crippen molar-refractivity contribution in [3.05, 3.63) is 29.8 Å². The van der Waals surface area contributed by atoms with Gasteiger partial charge in [-0.1, -0.05) is 32.0 Å². The maximum absolute atomic E-state index is 12.7. The molecule has 7 nitrogen and oxygen atoms in total. The summed E-state index contributed by atoms with van der Waals surface area (Å²) in [6.45, 7) is 7.27. The molecule has 0 unspecified atom stereocenters. The summed E-state index contributed by atoms with van der Waals surface area (Å²) in [7, 11) is -1.67. The number of nitrogens with zero attached hydrogens (tertiary/aromatic N) is 2. The molecule has 0 aliphatic carbocycles. The van der Waals surface area contributed by atoms with Crippen LogP contribution in [0.1, 0.15) is 25.8 Å². The minimum Gasteiger partial charge on any atom is -0.381 e. The number of para-hydroxylation sites is 1. The molecule has 0 saturated heterocycles. The van der Waals surface area contributed by atoms with Gasteiger partial charge in [0, 0.05) is 39.9 Å². The van der Waals surface area contributed by atoms with Gasteiger partial charge in [0.1, 0.15) is 0 Å². The fourth-order valence-corrected chi connectivity index (χ4v) is 4.35. The highest BCUT2D eigenvalue weighted by molar-refractivity contribution is 7.92. The van der Waals surface area contributed by atoms with E-state index in [1.807, 2.05) is 24.3 Å². The van der Waals surface area contributed by atoms with Gasteiger partial charge in [0.2, 0.25) is 10.0 Å². The van der Waals surface area contributed by atoms with E-state index >= 15 is 0 Å². The molecule has 0 fully saturated rings. The second kappa shape index (κ2) is 10.5. The van der Waals surface area contributed by atoms with Gasteiger partial charge in [-0.15, -0.1) is 0 Å². The molecule has 2 N–H and O–H groups in total. The molecule has 1 aliphatic heterocycles. The lowest BCUT2D eigenvalue weighted by molar-refractivity contribution is 0.108. The van der Waals surface area contributed by atoms with E-state index in [1.54, 1.807) is 7.05 Å². The third-order valence-corrected chi connectivity index (χ3v) is 6.04. The fraction of sp³-hybridized carbons (Fsp3) is 0.632. The summed E-state index contributed by atoms with van der Waals surface area (Å²) in [6.07, 6.45) is 1.64. The van der Waals surface area contributed by atoms with E-state index in [1.165, 1.54) is 4.31 Å². The van der Waals surface area contributed by atoms with Crippen molar-refractivity contribution >= 4 is 21.7 Å². The Balaban J connectivity index is 1.71. The predicted octanol–water partition coefficient (Wildman–Crippen LogP) is 1.61. The fourth-order valence-electron chi connectivity index (χ4n) is 2.93. The molecule has 0 radical (unpaired) electrons. The number of anilines is 1. The van der Waals surface area contributed by atoms with E-state index in [2.05, 4.69) is 29.5 Å². The van der Waals surface area contributed by atoms with Crippen LogP contribution in [0.15, 0.2) is 29.3 Å². The molecule has 1 aliphatic rings. The van der Waals surface area contributed by atoms with Gasteiger partial charge >= 0.3 is 0 Å². The van der Waals surface area contributed by atoms with Gasteiger partial charge in [-0.05, 0) is 30.4 Å². The van der Waals surface area contributed by atoms with Crippen LogP contribution in [-0.4, -0.2) is 60.0 Å². The summed E-state index contributed by atoms with van der Waals surface area (Å²) in [5.74, 6) is 1.17. The molecule has 0 amide bonds. The Morgan fingerprint density at radius 3 is 2.74 bits per heavy atom. The highest BCUT2D eigenvalue weighted by Gasteiger charge is 2.28. The molecule has 0 aromatic heterocycles. The van der Waals surface area contributed by atoms with Crippen molar-refractivity contribution in [1.29, 1.82) is 0 Å². The number of sulfonamides is 1. The number of ether oxygens (including phenoxy) is 1. The van der Waals surface area contributed by atoms with E-state index in [4.69, 9.17) is 4.74 Å². The third kappa shape index (κ3) is 6.70. The number of nitrogens with one attached hydrogen (secondary N) is 2. The van der Waals surface area contributed by atoms with Crippen molar-refractivity contribution in [2.24, 2.45) is 10.9 Å². The van der Waals surface area contributed by atoms with Gasteiger partial charge in [0.05, 0.1) is 11.4 Å². The lowest BCUT2D eigenvalue weighted by Crippen LogP contribution is -2.42. The molecule has 152 valence electrons. The lowest BCUT2D eigenvalue weighted by Gasteiger charge is -2.20. The van der Waals surface area contributed by atoms with Crippen molar-refractivity contribution in [3.63, 3.8) is 0 Å². The second-order valence-corrected chi connectivity index (χ2v) is 9.03. The summed E-state index contributed by atoms with van der Waals surface area (Å²) in [5, 5.41) is 6.25. The van der Waals surface area contributed by atoms with Crippen molar-refractivity contribution in [2.45, 2.75) is 26.7 Å². The van der Waals surface area contributed by atoms with Gasteiger partial charge in [0.15, 0.2) is 5.96 Å². The van der Waals surface area contributed by atoms with Gasteiger partial charge in [-0.3, -0.25) is 9.30 Å². The SMILES string of the molecule is CN=C(NCCCOCC(C)C)NCCS(=O)(=O)N1CCc2ccccc21. The smallest absolute Gasteiger partial charge is 0.236 e. The zero-order valence-corrected chi connectivity index (χ0v) is 17.4. The minimum atomic E-state index is -3.35. The van der Waals surface area contributed by atoms with Crippen LogP contribution < -0.4 is 14.9 Å². The summed E-state index contributed by atoms with van der Waals surface area (Å²) < 4.78 is 32.4. The number of rotatable bonds is 10. The molecule has 0 bridgehead atoms. The molecular formula is C19H32N4O3S. The Morgan fingerprint density at radius 2 is 2.00 bits per heavy atom. The first-order valence-corrected chi connectivity index (χ1v) is 11.2. The van der Waals surface area contributed by atoms with E-state index < -0.39 is 10.0 Å². The highest BCUT2D eigenvalue weighted by Crippen LogP contribution is 2.29. The average molecular weight is 397 g/mol. The van der Waals surface area contributed by atoms with Crippen molar-refractivity contribution in [1.82, 2.24) is 10.6 Å². The molecule has 1 heterocycles. The van der Waals surface area contributed by atoms with E-state index in [0.717, 1.165) is 37.2 Å². The van der Waals surface area contributed by atoms with Crippen LogP contribution >= 0.6 is 0 Å². The van der Waals surface area contributed by atoms with Crippen LogP contribution in [-0.2, 0) is 21.2 Å².